The molecule has 1 aliphatic heterocycles. The fourth-order valence-electron chi connectivity index (χ4n) is 6.91. The molecule has 0 amide bonds. The van der Waals surface area contributed by atoms with Gasteiger partial charge < -0.3 is 20.1 Å². The van der Waals surface area contributed by atoms with E-state index in [0.717, 1.165) is 30.4 Å². The molecule has 4 fully saturated rings. The van der Waals surface area contributed by atoms with Crippen LogP contribution in [0, 0.1) is 23.2 Å². The number of fused-ring (bicyclic) bond motifs is 1. The van der Waals surface area contributed by atoms with E-state index in [1.807, 2.05) is 6.92 Å². The lowest BCUT2D eigenvalue weighted by atomic mass is 9.60. The van der Waals surface area contributed by atoms with Crippen LogP contribution < -0.4 is 0 Å². The second kappa shape index (κ2) is 8.78. The second-order valence-electron chi connectivity index (χ2n) is 11.3. The zero-order valence-electron chi connectivity index (χ0n) is 19.6. The van der Waals surface area contributed by atoms with Gasteiger partial charge in [0.1, 0.15) is 5.60 Å². The predicted octanol–water partition coefficient (Wildman–Crippen LogP) is 4.69. The van der Waals surface area contributed by atoms with Crippen LogP contribution in [0.4, 0.5) is 0 Å². The molecule has 8 atom stereocenters. The highest BCUT2D eigenvalue weighted by atomic mass is 16.6. The first kappa shape index (κ1) is 23.2. The van der Waals surface area contributed by atoms with Crippen LogP contribution in [0.15, 0.2) is 35.5 Å². The van der Waals surface area contributed by atoms with Crippen LogP contribution in [-0.4, -0.2) is 45.8 Å². The van der Waals surface area contributed by atoms with Gasteiger partial charge in [0.15, 0.2) is 0 Å². The summed E-state index contributed by atoms with van der Waals surface area (Å²) in [7, 11) is 0. The van der Waals surface area contributed by atoms with Gasteiger partial charge in [0.05, 0.1) is 24.9 Å². The molecule has 3 aliphatic carbocycles. The summed E-state index contributed by atoms with van der Waals surface area (Å²) in [4.78, 5) is 0. The number of aliphatic hydroxyl groups excluding tert-OH is 3. The lowest BCUT2D eigenvalue weighted by Crippen LogP contribution is -2.36. The first-order chi connectivity index (χ1) is 14.6. The molecule has 0 radical (unpaired) electrons. The average Bonchev–Trinajstić information content (AvgIpc) is 3.37. The number of ether oxygens (including phenoxy) is 1. The Bertz CT molecular complexity index is 748. The minimum absolute atomic E-state index is 0.291. The highest BCUT2D eigenvalue weighted by molar-refractivity contribution is 5.38. The Balaban J connectivity index is 1.44. The van der Waals surface area contributed by atoms with E-state index >= 15 is 0 Å². The molecule has 0 aromatic heterocycles. The Morgan fingerprint density at radius 2 is 1.94 bits per heavy atom. The number of epoxide rings is 1. The van der Waals surface area contributed by atoms with Crippen LogP contribution >= 0.6 is 0 Å². The van der Waals surface area contributed by atoms with Gasteiger partial charge in [0.2, 0.25) is 0 Å². The van der Waals surface area contributed by atoms with Crippen molar-refractivity contribution in [2.45, 2.75) is 102 Å². The molecule has 31 heavy (non-hydrogen) atoms. The summed E-state index contributed by atoms with van der Waals surface area (Å²) in [6, 6.07) is 0. The standard InChI is InChI=1S/C27H42O4/c1-17(7-12-25(30)27(4)16-31-27)22-10-11-23-19(6-5-13-26(22,23)3)8-9-20-14-21(28)15-24(29)18(20)2/h8-9,17,21-25,28-30H,2,5-7,10-16H2,1,3-4H3/b19-8+,20-9-/t17-,21-,22-,23+,24+,25+,26-,27+/m1/s1. The monoisotopic (exact) mass is 430 g/mol. The second-order valence-corrected chi connectivity index (χ2v) is 11.3. The summed E-state index contributed by atoms with van der Waals surface area (Å²) < 4.78 is 5.43. The summed E-state index contributed by atoms with van der Waals surface area (Å²) >= 11 is 0. The SMILES string of the molecule is C=C1/C(=C\C=C2/CCC[C@]3(C)[C@@H]([C@H](C)CC[C@H](O)[C@]4(C)CO4)CC[C@@H]23)C[C@@H](O)C[C@@H]1O. The molecule has 0 unspecified atom stereocenters. The van der Waals surface area contributed by atoms with E-state index in [4.69, 9.17) is 4.74 Å². The minimum atomic E-state index is -0.625. The molecule has 4 nitrogen and oxygen atoms in total. The average molecular weight is 431 g/mol. The molecule has 0 aromatic carbocycles. The van der Waals surface area contributed by atoms with Crippen LogP contribution in [0.1, 0.15) is 78.6 Å². The molecule has 1 heterocycles. The van der Waals surface area contributed by atoms with Crippen molar-refractivity contribution in [2.75, 3.05) is 6.61 Å². The molecule has 3 N–H and O–H groups in total. The molecule has 0 aromatic rings. The Hall–Kier alpha value is -0.940. The van der Waals surface area contributed by atoms with Gasteiger partial charge in [0.25, 0.3) is 0 Å². The smallest absolute Gasteiger partial charge is 0.115 e. The van der Waals surface area contributed by atoms with Gasteiger partial charge in [-0.05, 0) is 92.6 Å². The maximum Gasteiger partial charge on any atom is 0.115 e. The Kier molecular flexibility index (Phi) is 6.58. The third-order valence-electron chi connectivity index (χ3n) is 9.19. The van der Waals surface area contributed by atoms with Crippen LogP contribution in [0.25, 0.3) is 0 Å². The van der Waals surface area contributed by atoms with Crippen molar-refractivity contribution < 1.29 is 20.1 Å². The molecule has 0 spiro atoms. The van der Waals surface area contributed by atoms with Crippen LogP contribution in [0.3, 0.4) is 0 Å². The largest absolute Gasteiger partial charge is 0.393 e. The van der Waals surface area contributed by atoms with Crippen molar-refractivity contribution in [2.24, 2.45) is 23.2 Å². The van der Waals surface area contributed by atoms with Gasteiger partial charge in [-0.15, -0.1) is 0 Å². The first-order valence-corrected chi connectivity index (χ1v) is 12.4. The maximum atomic E-state index is 10.4. The predicted molar refractivity (Wildman–Crippen MR) is 123 cm³/mol. The first-order valence-electron chi connectivity index (χ1n) is 12.4. The molecule has 174 valence electrons. The molecular weight excluding hydrogens is 388 g/mol. The van der Waals surface area contributed by atoms with E-state index in [-0.39, 0.29) is 11.7 Å². The minimum Gasteiger partial charge on any atom is -0.393 e. The van der Waals surface area contributed by atoms with E-state index in [2.05, 4.69) is 32.6 Å². The van der Waals surface area contributed by atoms with E-state index in [9.17, 15) is 15.3 Å². The van der Waals surface area contributed by atoms with Crippen molar-refractivity contribution in [3.8, 4) is 0 Å². The summed E-state index contributed by atoms with van der Waals surface area (Å²) in [5, 5.41) is 30.6. The lowest BCUT2D eigenvalue weighted by molar-refractivity contribution is 0.0546. The lowest BCUT2D eigenvalue weighted by Gasteiger charge is -2.44. The third kappa shape index (κ3) is 4.59. The Morgan fingerprint density at radius 3 is 2.65 bits per heavy atom. The molecule has 1 saturated heterocycles. The zero-order valence-corrected chi connectivity index (χ0v) is 19.6. The number of hydrogen-bond acceptors (Lipinski definition) is 4. The van der Waals surface area contributed by atoms with Crippen LogP contribution in [-0.2, 0) is 4.74 Å². The molecular formula is C27H42O4. The molecule has 0 bridgehead atoms. The van der Waals surface area contributed by atoms with Crippen LogP contribution in [0.5, 0.6) is 0 Å². The molecule has 4 aliphatic rings. The third-order valence-corrected chi connectivity index (χ3v) is 9.19. The number of allylic oxidation sites excluding steroid dienone is 3. The van der Waals surface area contributed by atoms with Crippen molar-refractivity contribution in [3.63, 3.8) is 0 Å². The van der Waals surface area contributed by atoms with Gasteiger partial charge in [-0.2, -0.15) is 0 Å². The van der Waals surface area contributed by atoms with E-state index in [1.165, 1.54) is 31.3 Å². The quantitative estimate of drug-likeness (QED) is 0.534. The Labute approximate surface area is 188 Å². The fourth-order valence-corrected chi connectivity index (χ4v) is 6.91. The number of hydrogen-bond donors (Lipinski definition) is 3. The van der Waals surface area contributed by atoms with Gasteiger partial charge in [0, 0.05) is 6.42 Å². The summed E-state index contributed by atoms with van der Waals surface area (Å²) in [5.41, 5.74) is 3.34. The normalized spacial score (nSPS) is 45.0. The Morgan fingerprint density at radius 1 is 1.19 bits per heavy atom. The summed E-state index contributed by atoms with van der Waals surface area (Å²) in [6.45, 7) is 11.6. The van der Waals surface area contributed by atoms with Gasteiger partial charge in [-0.3, -0.25) is 0 Å². The topological polar surface area (TPSA) is 73.2 Å². The van der Waals surface area contributed by atoms with Crippen molar-refractivity contribution in [3.05, 3.63) is 35.5 Å². The van der Waals surface area contributed by atoms with Gasteiger partial charge >= 0.3 is 0 Å². The van der Waals surface area contributed by atoms with Crippen molar-refractivity contribution >= 4 is 0 Å². The highest BCUT2D eigenvalue weighted by Gasteiger charge is 2.51. The maximum absolute atomic E-state index is 10.4. The number of aliphatic hydroxyl groups is 3. The highest BCUT2D eigenvalue weighted by Crippen LogP contribution is 2.60. The van der Waals surface area contributed by atoms with E-state index in [1.54, 1.807) is 0 Å². The zero-order chi connectivity index (χ0) is 22.4. The van der Waals surface area contributed by atoms with E-state index in [0.29, 0.717) is 42.6 Å². The summed E-state index contributed by atoms with van der Waals surface area (Å²) in [6.07, 6.45) is 12.0. The molecule has 4 rings (SSSR count). The van der Waals surface area contributed by atoms with Crippen molar-refractivity contribution in [1.29, 1.82) is 0 Å². The summed E-state index contributed by atoms with van der Waals surface area (Å²) in [5.74, 6) is 1.92. The van der Waals surface area contributed by atoms with Crippen molar-refractivity contribution in [1.82, 2.24) is 0 Å². The fraction of sp³-hybridized carbons (Fsp3) is 0.778. The van der Waals surface area contributed by atoms with Gasteiger partial charge in [-0.1, -0.05) is 38.2 Å². The van der Waals surface area contributed by atoms with Gasteiger partial charge in [-0.25, -0.2) is 0 Å². The van der Waals surface area contributed by atoms with E-state index < -0.39 is 12.2 Å². The number of rotatable bonds is 6. The molecule has 4 heteroatoms. The molecule has 3 saturated carbocycles. The van der Waals surface area contributed by atoms with Crippen LogP contribution in [0.2, 0.25) is 0 Å².